The summed E-state index contributed by atoms with van der Waals surface area (Å²) in [5.74, 6) is 1.92. The molecule has 16 heavy (non-hydrogen) atoms. The lowest BCUT2D eigenvalue weighted by molar-refractivity contribution is 0.572. The van der Waals surface area contributed by atoms with Crippen LogP contribution in [0.4, 0.5) is 5.95 Å². The normalized spacial score (nSPS) is 28.4. The third-order valence-electron chi connectivity index (χ3n) is 3.72. The van der Waals surface area contributed by atoms with Gasteiger partial charge in [-0.15, -0.1) is 6.58 Å². The summed E-state index contributed by atoms with van der Waals surface area (Å²) in [5.41, 5.74) is 0. The molecule has 0 radical (unpaired) electrons. The second kappa shape index (κ2) is 3.94. The van der Waals surface area contributed by atoms with E-state index >= 15 is 0 Å². The first-order chi connectivity index (χ1) is 7.90. The van der Waals surface area contributed by atoms with Crippen molar-refractivity contribution in [2.75, 3.05) is 24.5 Å². The molecule has 0 spiro atoms. The van der Waals surface area contributed by atoms with Crippen LogP contribution in [-0.4, -0.2) is 35.2 Å². The van der Waals surface area contributed by atoms with E-state index in [1.165, 1.54) is 13.0 Å². The molecular formula is C12H18N4. The van der Waals surface area contributed by atoms with Crippen molar-refractivity contribution in [2.45, 2.75) is 19.0 Å². The fourth-order valence-electron chi connectivity index (χ4n) is 2.94. The quantitative estimate of drug-likeness (QED) is 0.764. The number of imidazole rings is 1. The number of allylic oxidation sites excluding steroid dienone is 1. The molecule has 2 fully saturated rings. The Labute approximate surface area is 96.0 Å². The number of nitrogens with zero attached hydrogens (tertiary/aromatic N) is 3. The average Bonchev–Trinajstić information content (AvgIpc) is 2.91. The summed E-state index contributed by atoms with van der Waals surface area (Å²) in [6.07, 6.45) is 7.13. The van der Waals surface area contributed by atoms with Gasteiger partial charge in [-0.2, -0.15) is 0 Å². The lowest BCUT2D eigenvalue weighted by atomic mass is 10.1. The molecule has 0 bridgehead atoms. The van der Waals surface area contributed by atoms with Crippen molar-refractivity contribution >= 4 is 5.95 Å². The summed E-state index contributed by atoms with van der Waals surface area (Å²) in [6, 6.07) is 0.644. The van der Waals surface area contributed by atoms with Gasteiger partial charge in [-0.3, -0.25) is 0 Å². The lowest BCUT2D eigenvalue weighted by Crippen LogP contribution is -2.36. The van der Waals surface area contributed by atoms with Gasteiger partial charge in [0.05, 0.1) is 0 Å². The molecule has 1 aromatic rings. The summed E-state index contributed by atoms with van der Waals surface area (Å²) in [7, 11) is 0. The van der Waals surface area contributed by atoms with Gasteiger partial charge in [-0.25, -0.2) is 4.98 Å². The van der Waals surface area contributed by atoms with Gasteiger partial charge in [0.15, 0.2) is 0 Å². The molecule has 0 unspecified atom stereocenters. The molecule has 0 aromatic carbocycles. The Hall–Kier alpha value is -1.29. The van der Waals surface area contributed by atoms with E-state index in [2.05, 4.69) is 26.3 Å². The largest absolute Gasteiger partial charge is 0.338 e. The van der Waals surface area contributed by atoms with Crippen molar-refractivity contribution in [1.82, 2.24) is 14.9 Å². The zero-order valence-corrected chi connectivity index (χ0v) is 9.47. The standard InChI is InChI=1S/C12H18N4/c1-2-5-15-7-4-14-12(15)16-6-3-10-8-13-9-11(10)16/h2,4,7,10-11,13H,1,3,5-6,8-9H2/t10-,11+/m0/s1. The first kappa shape index (κ1) is 9.90. The minimum atomic E-state index is 0.644. The number of fused-ring (bicyclic) bond motifs is 1. The van der Waals surface area contributed by atoms with Crippen molar-refractivity contribution in [3.05, 3.63) is 25.0 Å². The molecule has 2 aliphatic heterocycles. The van der Waals surface area contributed by atoms with Gasteiger partial charge in [0.25, 0.3) is 0 Å². The van der Waals surface area contributed by atoms with Crippen LogP contribution < -0.4 is 10.2 Å². The molecule has 86 valence electrons. The Morgan fingerprint density at radius 2 is 2.50 bits per heavy atom. The van der Waals surface area contributed by atoms with Gasteiger partial charge in [-0.1, -0.05) is 6.08 Å². The fraction of sp³-hybridized carbons (Fsp3) is 0.583. The maximum absolute atomic E-state index is 4.49. The predicted molar refractivity (Wildman–Crippen MR) is 64.5 cm³/mol. The third kappa shape index (κ3) is 1.45. The van der Waals surface area contributed by atoms with Gasteiger partial charge in [-0.05, 0) is 12.3 Å². The van der Waals surface area contributed by atoms with E-state index in [0.29, 0.717) is 6.04 Å². The molecule has 0 saturated carbocycles. The Bertz CT molecular complexity index is 384. The van der Waals surface area contributed by atoms with E-state index in [1.807, 2.05) is 18.5 Å². The monoisotopic (exact) mass is 218 g/mol. The molecular weight excluding hydrogens is 200 g/mol. The van der Waals surface area contributed by atoms with E-state index in [9.17, 15) is 0 Å². The van der Waals surface area contributed by atoms with Crippen molar-refractivity contribution in [3.63, 3.8) is 0 Å². The van der Waals surface area contributed by atoms with Crippen molar-refractivity contribution in [3.8, 4) is 0 Å². The van der Waals surface area contributed by atoms with Gasteiger partial charge in [0.2, 0.25) is 5.95 Å². The minimum absolute atomic E-state index is 0.644. The van der Waals surface area contributed by atoms with Crippen LogP contribution in [0.5, 0.6) is 0 Å². The minimum Gasteiger partial charge on any atom is -0.338 e. The number of hydrogen-bond acceptors (Lipinski definition) is 3. The zero-order valence-electron chi connectivity index (χ0n) is 9.47. The smallest absolute Gasteiger partial charge is 0.206 e. The highest BCUT2D eigenvalue weighted by Crippen LogP contribution is 2.30. The predicted octanol–water partition coefficient (Wildman–Crippen LogP) is 0.867. The van der Waals surface area contributed by atoms with Gasteiger partial charge >= 0.3 is 0 Å². The molecule has 0 amide bonds. The van der Waals surface area contributed by atoms with E-state index in [1.54, 1.807) is 0 Å². The van der Waals surface area contributed by atoms with Crippen molar-refractivity contribution < 1.29 is 0 Å². The molecule has 1 aromatic heterocycles. The number of rotatable bonds is 3. The molecule has 1 N–H and O–H groups in total. The fourth-order valence-corrected chi connectivity index (χ4v) is 2.94. The summed E-state index contributed by atoms with van der Waals surface area (Å²) in [5, 5.41) is 3.47. The summed E-state index contributed by atoms with van der Waals surface area (Å²) in [6.45, 7) is 8.05. The number of anilines is 1. The Balaban J connectivity index is 1.86. The van der Waals surface area contributed by atoms with Crippen LogP contribution in [0.25, 0.3) is 0 Å². The van der Waals surface area contributed by atoms with Crippen molar-refractivity contribution in [1.29, 1.82) is 0 Å². The summed E-state index contributed by atoms with van der Waals surface area (Å²) in [4.78, 5) is 6.94. The Kier molecular flexibility index (Phi) is 2.44. The zero-order chi connectivity index (χ0) is 11.0. The van der Waals surface area contributed by atoms with Crippen LogP contribution in [0.3, 0.4) is 0 Å². The van der Waals surface area contributed by atoms with Crippen LogP contribution in [0.2, 0.25) is 0 Å². The Morgan fingerprint density at radius 3 is 3.38 bits per heavy atom. The Morgan fingerprint density at radius 1 is 1.56 bits per heavy atom. The number of hydrogen-bond donors (Lipinski definition) is 1. The van der Waals surface area contributed by atoms with E-state index < -0.39 is 0 Å². The van der Waals surface area contributed by atoms with Crippen LogP contribution >= 0.6 is 0 Å². The maximum atomic E-state index is 4.49. The molecule has 2 atom stereocenters. The highest BCUT2D eigenvalue weighted by atomic mass is 15.3. The highest BCUT2D eigenvalue weighted by Gasteiger charge is 2.38. The van der Waals surface area contributed by atoms with Gasteiger partial charge in [0.1, 0.15) is 0 Å². The third-order valence-corrected chi connectivity index (χ3v) is 3.72. The van der Waals surface area contributed by atoms with E-state index in [4.69, 9.17) is 0 Å². The second-order valence-corrected chi connectivity index (χ2v) is 4.64. The van der Waals surface area contributed by atoms with Crippen LogP contribution in [0.15, 0.2) is 25.0 Å². The molecule has 4 heteroatoms. The van der Waals surface area contributed by atoms with Crippen LogP contribution in [-0.2, 0) is 6.54 Å². The maximum Gasteiger partial charge on any atom is 0.206 e. The second-order valence-electron chi connectivity index (χ2n) is 4.64. The first-order valence-corrected chi connectivity index (χ1v) is 5.99. The molecule has 2 saturated heterocycles. The van der Waals surface area contributed by atoms with Crippen molar-refractivity contribution in [2.24, 2.45) is 5.92 Å². The van der Waals surface area contributed by atoms with E-state index in [-0.39, 0.29) is 0 Å². The number of aromatic nitrogens is 2. The van der Waals surface area contributed by atoms with Crippen LogP contribution in [0.1, 0.15) is 6.42 Å². The topological polar surface area (TPSA) is 33.1 Å². The van der Waals surface area contributed by atoms with E-state index in [0.717, 1.165) is 31.5 Å². The molecule has 0 aliphatic carbocycles. The average molecular weight is 218 g/mol. The molecule has 2 aliphatic rings. The van der Waals surface area contributed by atoms with Crippen LogP contribution in [0, 0.1) is 5.92 Å². The SMILES string of the molecule is C=CCn1ccnc1N1CC[C@H]2CNC[C@H]21. The number of nitrogens with one attached hydrogen (secondary N) is 1. The molecule has 4 nitrogen and oxygen atoms in total. The molecule has 3 heterocycles. The molecule has 3 rings (SSSR count). The lowest BCUT2D eigenvalue weighted by Gasteiger charge is -2.24. The first-order valence-electron chi connectivity index (χ1n) is 5.99. The highest BCUT2D eigenvalue weighted by molar-refractivity contribution is 5.37. The van der Waals surface area contributed by atoms with Gasteiger partial charge < -0.3 is 14.8 Å². The van der Waals surface area contributed by atoms with Gasteiger partial charge in [0, 0.05) is 44.6 Å². The summed E-state index contributed by atoms with van der Waals surface area (Å²) < 4.78 is 2.17. The summed E-state index contributed by atoms with van der Waals surface area (Å²) >= 11 is 0.